The second-order valence-corrected chi connectivity index (χ2v) is 13.1. The Labute approximate surface area is 230 Å². The minimum Gasteiger partial charge on any atom is -0.379 e. The zero-order valence-electron chi connectivity index (χ0n) is 21.8. The molecule has 1 unspecified atom stereocenters. The molecule has 2 heterocycles. The summed E-state index contributed by atoms with van der Waals surface area (Å²) in [6, 6.07) is 24.1. The second kappa shape index (κ2) is 11.6. The molecule has 0 bridgehead atoms. The van der Waals surface area contributed by atoms with Crippen LogP contribution in [-0.4, -0.2) is 82.7 Å². The van der Waals surface area contributed by atoms with Crippen molar-refractivity contribution in [1.82, 2.24) is 14.1 Å². The van der Waals surface area contributed by atoms with E-state index in [9.17, 15) is 16.8 Å². The van der Waals surface area contributed by atoms with Crippen molar-refractivity contribution in [2.75, 3.05) is 45.9 Å². The molecule has 5 rings (SSSR count). The average molecular weight is 569 g/mol. The van der Waals surface area contributed by atoms with Crippen molar-refractivity contribution in [2.45, 2.75) is 22.9 Å². The van der Waals surface area contributed by atoms with E-state index in [2.05, 4.69) is 9.30 Å². The van der Waals surface area contributed by atoms with Crippen LogP contribution in [0.15, 0.2) is 99.1 Å². The molecule has 3 aromatic rings. The minimum absolute atomic E-state index is 0.0943. The number of rotatable bonds is 7. The first-order valence-electron chi connectivity index (χ1n) is 12.8. The van der Waals surface area contributed by atoms with Crippen molar-refractivity contribution in [3.05, 3.63) is 96.1 Å². The molecule has 0 aliphatic carbocycles. The fourth-order valence-corrected chi connectivity index (χ4v) is 7.48. The SMILES string of the molecule is Cc1ccc(S(=O)(=O)/N=C(/CN2CCOCC2)N2CCN(S(=O)(=O)c3ccccc3)C2c2ccccc2)cc1. The summed E-state index contributed by atoms with van der Waals surface area (Å²) >= 11 is 0. The lowest BCUT2D eigenvalue weighted by Crippen LogP contribution is -2.46. The zero-order chi connectivity index (χ0) is 27.5. The molecule has 11 heteroatoms. The predicted molar refractivity (Wildman–Crippen MR) is 149 cm³/mol. The standard InChI is InChI=1S/C28H32N4O5S2/c1-23-12-14-25(15-13-23)38(33,34)29-27(22-30-18-20-37-21-19-30)31-16-17-32(28(31)24-8-4-2-5-9-24)39(35,36)26-10-6-3-7-11-26/h2-15,28H,16-22H2,1H3/b29-27-. The Bertz CT molecular complexity index is 1510. The summed E-state index contributed by atoms with van der Waals surface area (Å²) in [6.07, 6.45) is -0.760. The molecule has 1 atom stereocenters. The van der Waals surface area contributed by atoms with E-state index in [0.717, 1.165) is 11.1 Å². The van der Waals surface area contributed by atoms with Crippen molar-refractivity contribution in [3.8, 4) is 0 Å². The summed E-state index contributed by atoms with van der Waals surface area (Å²) in [5.41, 5.74) is 1.67. The summed E-state index contributed by atoms with van der Waals surface area (Å²) in [6.45, 7) is 4.93. The van der Waals surface area contributed by atoms with Gasteiger partial charge in [-0.1, -0.05) is 66.2 Å². The maximum atomic E-state index is 13.8. The highest BCUT2D eigenvalue weighted by molar-refractivity contribution is 7.90. The number of hydrogen-bond donors (Lipinski definition) is 0. The zero-order valence-corrected chi connectivity index (χ0v) is 23.4. The van der Waals surface area contributed by atoms with Crippen LogP contribution in [0.5, 0.6) is 0 Å². The Morgan fingerprint density at radius 3 is 2.05 bits per heavy atom. The van der Waals surface area contributed by atoms with Crippen molar-refractivity contribution < 1.29 is 21.6 Å². The number of nitrogens with zero attached hydrogens (tertiary/aromatic N) is 4. The highest BCUT2D eigenvalue weighted by atomic mass is 32.2. The second-order valence-electron chi connectivity index (χ2n) is 9.59. The molecule has 0 radical (unpaired) electrons. The van der Waals surface area contributed by atoms with Gasteiger partial charge in [0.2, 0.25) is 10.0 Å². The van der Waals surface area contributed by atoms with Crippen molar-refractivity contribution >= 4 is 25.9 Å². The van der Waals surface area contributed by atoms with Crippen molar-refractivity contribution in [1.29, 1.82) is 0 Å². The third-order valence-electron chi connectivity index (χ3n) is 6.92. The van der Waals surface area contributed by atoms with E-state index in [4.69, 9.17) is 4.74 Å². The lowest BCUT2D eigenvalue weighted by Gasteiger charge is -2.35. The quantitative estimate of drug-likeness (QED) is 0.319. The molecule has 206 valence electrons. The van der Waals surface area contributed by atoms with Crippen LogP contribution in [0.1, 0.15) is 17.3 Å². The number of aryl methyl sites for hydroxylation is 1. The van der Waals surface area contributed by atoms with E-state index in [-0.39, 0.29) is 29.4 Å². The largest absolute Gasteiger partial charge is 0.379 e. The van der Waals surface area contributed by atoms with Gasteiger partial charge in [0.25, 0.3) is 10.0 Å². The van der Waals surface area contributed by atoms with E-state index in [0.29, 0.717) is 32.1 Å². The van der Waals surface area contributed by atoms with Crippen LogP contribution in [-0.2, 0) is 24.8 Å². The van der Waals surface area contributed by atoms with Crippen molar-refractivity contribution in [2.24, 2.45) is 4.40 Å². The Balaban J connectivity index is 1.60. The lowest BCUT2D eigenvalue weighted by molar-refractivity contribution is 0.0438. The van der Waals surface area contributed by atoms with Gasteiger partial charge in [-0.3, -0.25) is 4.90 Å². The summed E-state index contributed by atoms with van der Waals surface area (Å²) < 4.78 is 66.0. The Kier molecular flexibility index (Phi) is 8.15. The van der Waals surface area contributed by atoms with Gasteiger partial charge >= 0.3 is 0 Å². The molecule has 0 saturated carbocycles. The van der Waals surface area contributed by atoms with Crippen LogP contribution >= 0.6 is 0 Å². The van der Waals surface area contributed by atoms with Crippen molar-refractivity contribution in [3.63, 3.8) is 0 Å². The first-order valence-corrected chi connectivity index (χ1v) is 15.7. The summed E-state index contributed by atoms with van der Waals surface area (Å²) in [4.78, 5) is 4.18. The molecule has 0 amide bonds. The summed E-state index contributed by atoms with van der Waals surface area (Å²) in [5, 5.41) is 0. The van der Waals surface area contributed by atoms with E-state index >= 15 is 0 Å². The molecule has 0 aromatic heterocycles. The van der Waals surface area contributed by atoms with Gasteiger partial charge in [0.05, 0.1) is 29.5 Å². The number of morpholine rings is 1. The molecule has 9 nitrogen and oxygen atoms in total. The van der Waals surface area contributed by atoms with Crippen LogP contribution in [0, 0.1) is 6.92 Å². The molecule has 0 N–H and O–H groups in total. The van der Waals surface area contributed by atoms with Gasteiger partial charge in [0.15, 0.2) is 0 Å². The summed E-state index contributed by atoms with van der Waals surface area (Å²) in [7, 11) is -7.94. The van der Waals surface area contributed by atoms with Crippen LogP contribution in [0.3, 0.4) is 0 Å². The average Bonchev–Trinajstić information content (AvgIpc) is 3.41. The predicted octanol–water partition coefficient (Wildman–Crippen LogP) is 3.12. The maximum Gasteiger partial charge on any atom is 0.283 e. The van der Waals surface area contributed by atoms with Gasteiger partial charge in [-0.05, 0) is 36.8 Å². The van der Waals surface area contributed by atoms with Gasteiger partial charge in [0.1, 0.15) is 12.0 Å². The molecule has 0 spiro atoms. The highest BCUT2D eigenvalue weighted by Gasteiger charge is 2.43. The monoisotopic (exact) mass is 568 g/mol. The van der Waals surface area contributed by atoms with Gasteiger partial charge in [-0.2, -0.15) is 12.7 Å². The van der Waals surface area contributed by atoms with Gasteiger partial charge in [-0.25, -0.2) is 8.42 Å². The number of ether oxygens (including phenoxy) is 1. The Morgan fingerprint density at radius 1 is 0.795 bits per heavy atom. The molecule has 39 heavy (non-hydrogen) atoms. The summed E-state index contributed by atoms with van der Waals surface area (Å²) in [5.74, 6) is 0.303. The molecule has 2 fully saturated rings. The van der Waals surface area contributed by atoms with E-state index in [1.54, 1.807) is 54.6 Å². The minimum atomic E-state index is -4.05. The van der Waals surface area contributed by atoms with Gasteiger partial charge in [-0.15, -0.1) is 4.40 Å². The fourth-order valence-electron chi connectivity index (χ4n) is 4.86. The van der Waals surface area contributed by atoms with E-state index < -0.39 is 26.2 Å². The third-order valence-corrected chi connectivity index (χ3v) is 10.1. The first kappa shape index (κ1) is 27.5. The van der Waals surface area contributed by atoms with Crippen LogP contribution in [0.25, 0.3) is 0 Å². The van der Waals surface area contributed by atoms with Crippen LogP contribution in [0.2, 0.25) is 0 Å². The number of sulfonamides is 2. The fraction of sp³-hybridized carbons (Fsp3) is 0.321. The maximum absolute atomic E-state index is 13.8. The van der Waals surface area contributed by atoms with Crippen LogP contribution in [0.4, 0.5) is 0 Å². The number of amidine groups is 1. The van der Waals surface area contributed by atoms with E-state index in [1.807, 2.05) is 42.2 Å². The van der Waals surface area contributed by atoms with E-state index in [1.165, 1.54) is 4.31 Å². The van der Waals surface area contributed by atoms with Crippen LogP contribution < -0.4 is 0 Å². The Hall–Kier alpha value is -3.09. The molecular formula is C28H32N4O5S2. The number of hydrogen-bond acceptors (Lipinski definition) is 6. The smallest absolute Gasteiger partial charge is 0.283 e. The van der Waals surface area contributed by atoms with Gasteiger partial charge < -0.3 is 9.64 Å². The molecule has 2 aliphatic heterocycles. The normalized spacial score (nSPS) is 19.9. The lowest BCUT2D eigenvalue weighted by atomic mass is 10.1. The van der Waals surface area contributed by atoms with Gasteiger partial charge in [0, 0.05) is 26.2 Å². The molecule has 2 aliphatic rings. The number of benzene rings is 3. The Morgan fingerprint density at radius 2 is 1.41 bits per heavy atom. The molecule has 2 saturated heterocycles. The third kappa shape index (κ3) is 6.07. The highest BCUT2D eigenvalue weighted by Crippen LogP contribution is 2.35. The molecule has 3 aromatic carbocycles. The topological polar surface area (TPSA) is 99.6 Å². The first-order chi connectivity index (χ1) is 18.8. The molecular weight excluding hydrogens is 536 g/mol.